The van der Waals surface area contributed by atoms with Crippen LogP contribution in [0.15, 0.2) is 24.3 Å². The monoisotopic (exact) mass is 177 g/mol. The number of fused-ring (bicyclic) bond motifs is 2. The number of carbonyl (C=O) groups is 1. The van der Waals surface area contributed by atoms with E-state index in [4.69, 9.17) is 0 Å². The third-order valence-corrected chi connectivity index (χ3v) is 2.75. The lowest BCUT2D eigenvalue weighted by atomic mass is 10.2. The minimum absolute atomic E-state index is 0.0312. The average molecular weight is 177 g/mol. The quantitative estimate of drug-likeness (QED) is 0.557. The Bertz CT molecular complexity index is 321. The zero-order valence-corrected chi connectivity index (χ0v) is 7.23. The molecule has 1 N–H and O–H groups in total. The molecule has 0 aliphatic carbocycles. The highest BCUT2D eigenvalue weighted by molar-refractivity contribution is 5.85. The molecule has 3 aliphatic heterocycles. The molecule has 3 rings (SSSR count). The second kappa shape index (κ2) is 2.28. The van der Waals surface area contributed by atoms with Gasteiger partial charge in [-0.05, 0) is 6.42 Å². The number of hydrogen-bond acceptors (Lipinski definition) is 3. The van der Waals surface area contributed by atoms with Gasteiger partial charge in [0.25, 0.3) is 5.91 Å². The largest absolute Gasteiger partial charge is 0.368 e. The lowest BCUT2D eigenvalue weighted by Crippen LogP contribution is -2.46. The van der Waals surface area contributed by atoms with Gasteiger partial charge in [0.15, 0.2) is 0 Å². The van der Waals surface area contributed by atoms with Crippen LogP contribution in [0, 0.1) is 0 Å². The second-order valence-electron chi connectivity index (χ2n) is 3.51. The van der Waals surface area contributed by atoms with Crippen molar-refractivity contribution < 1.29 is 4.79 Å². The third kappa shape index (κ3) is 0.826. The number of nitrogens with one attached hydrogen (secondary N) is 1. The van der Waals surface area contributed by atoms with Gasteiger partial charge in [-0.2, -0.15) is 0 Å². The molecule has 3 heterocycles. The van der Waals surface area contributed by atoms with Crippen LogP contribution in [-0.2, 0) is 4.79 Å². The molecule has 1 saturated heterocycles. The summed E-state index contributed by atoms with van der Waals surface area (Å²) in [4.78, 5) is 15.7. The molecule has 68 valence electrons. The Morgan fingerprint density at radius 3 is 3.38 bits per heavy atom. The van der Waals surface area contributed by atoms with E-state index in [1.54, 1.807) is 0 Å². The standard InChI is InChI=1S/C9H11N3O/c13-9-7-2-1-4-11(7)6-8-10-3-5-12(8)9/h1,4,6-7,10H,2-3,5H2. The molecule has 0 saturated carbocycles. The van der Waals surface area contributed by atoms with Crippen molar-refractivity contribution in [2.24, 2.45) is 0 Å². The van der Waals surface area contributed by atoms with Crippen molar-refractivity contribution in [3.63, 3.8) is 0 Å². The van der Waals surface area contributed by atoms with E-state index in [1.807, 2.05) is 28.3 Å². The number of nitrogens with zero attached hydrogens (tertiary/aromatic N) is 2. The van der Waals surface area contributed by atoms with Gasteiger partial charge < -0.3 is 10.2 Å². The molecule has 0 aromatic carbocycles. The third-order valence-electron chi connectivity index (χ3n) is 2.75. The summed E-state index contributed by atoms with van der Waals surface area (Å²) in [6.07, 6.45) is 6.89. The predicted molar refractivity (Wildman–Crippen MR) is 47.2 cm³/mol. The van der Waals surface area contributed by atoms with E-state index < -0.39 is 0 Å². The smallest absolute Gasteiger partial charge is 0.251 e. The molecule has 13 heavy (non-hydrogen) atoms. The van der Waals surface area contributed by atoms with Gasteiger partial charge in [-0.1, -0.05) is 6.08 Å². The summed E-state index contributed by atoms with van der Waals surface area (Å²) in [7, 11) is 0. The van der Waals surface area contributed by atoms with E-state index in [1.165, 1.54) is 0 Å². The van der Waals surface area contributed by atoms with Crippen molar-refractivity contribution in [2.75, 3.05) is 13.1 Å². The summed E-state index contributed by atoms with van der Waals surface area (Å²) < 4.78 is 0. The van der Waals surface area contributed by atoms with Crippen LogP contribution in [0.4, 0.5) is 0 Å². The Morgan fingerprint density at radius 2 is 2.46 bits per heavy atom. The van der Waals surface area contributed by atoms with Gasteiger partial charge in [-0.3, -0.25) is 9.69 Å². The topological polar surface area (TPSA) is 35.6 Å². The molecular formula is C9H11N3O. The SMILES string of the molecule is O=C1C2CC=CN2C=C2NCCN12. The van der Waals surface area contributed by atoms with Gasteiger partial charge in [-0.25, -0.2) is 0 Å². The van der Waals surface area contributed by atoms with Crippen molar-refractivity contribution in [2.45, 2.75) is 12.5 Å². The first-order chi connectivity index (χ1) is 6.36. The predicted octanol–water partition coefficient (Wildman–Crippen LogP) is -0.181. The Balaban J connectivity index is 2.01. The maximum atomic E-state index is 11.9. The van der Waals surface area contributed by atoms with Crippen LogP contribution in [-0.4, -0.2) is 34.8 Å². The van der Waals surface area contributed by atoms with Crippen molar-refractivity contribution >= 4 is 5.91 Å². The number of carbonyl (C=O) groups excluding carboxylic acids is 1. The van der Waals surface area contributed by atoms with E-state index in [-0.39, 0.29) is 11.9 Å². The Hall–Kier alpha value is -1.45. The van der Waals surface area contributed by atoms with Gasteiger partial charge in [0.2, 0.25) is 0 Å². The number of amides is 1. The van der Waals surface area contributed by atoms with Gasteiger partial charge in [-0.15, -0.1) is 0 Å². The van der Waals surface area contributed by atoms with Crippen LogP contribution in [0.5, 0.6) is 0 Å². The summed E-state index contributed by atoms with van der Waals surface area (Å²) in [5.74, 6) is 1.18. The normalized spacial score (nSPS) is 30.0. The number of hydrogen-bond donors (Lipinski definition) is 1. The fourth-order valence-corrected chi connectivity index (χ4v) is 2.08. The van der Waals surface area contributed by atoms with E-state index in [2.05, 4.69) is 5.32 Å². The molecule has 4 nitrogen and oxygen atoms in total. The van der Waals surface area contributed by atoms with E-state index in [0.29, 0.717) is 0 Å². The zero-order valence-electron chi connectivity index (χ0n) is 7.23. The Kier molecular flexibility index (Phi) is 1.23. The van der Waals surface area contributed by atoms with Gasteiger partial charge >= 0.3 is 0 Å². The summed E-state index contributed by atoms with van der Waals surface area (Å²) in [5, 5.41) is 3.19. The first-order valence-electron chi connectivity index (χ1n) is 4.57. The van der Waals surface area contributed by atoms with Crippen LogP contribution in [0.25, 0.3) is 0 Å². The summed E-state index contributed by atoms with van der Waals surface area (Å²) in [6, 6.07) is 0.0312. The van der Waals surface area contributed by atoms with E-state index >= 15 is 0 Å². The average Bonchev–Trinajstić information content (AvgIpc) is 2.71. The Morgan fingerprint density at radius 1 is 1.54 bits per heavy atom. The summed E-state index contributed by atoms with van der Waals surface area (Å²) in [6.45, 7) is 1.69. The Labute approximate surface area is 76.5 Å². The second-order valence-corrected chi connectivity index (χ2v) is 3.51. The summed E-state index contributed by atoms with van der Waals surface area (Å²) >= 11 is 0. The van der Waals surface area contributed by atoms with Crippen molar-refractivity contribution in [3.05, 3.63) is 24.3 Å². The van der Waals surface area contributed by atoms with Gasteiger partial charge in [0, 0.05) is 25.5 Å². The van der Waals surface area contributed by atoms with Gasteiger partial charge in [0.1, 0.15) is 11.9 Å². The van der Waals surface area contributed by atoms with Crippen LogP contribution >= 0.6 is 0 Å². The molecule has 3 aliphatic rings. The van der Waals surface area contributed by atoms with Crippen molar-refractivity contribution in [3.8, 4) is 0 Å². The molecule has 1 atom stereocenters. The lowest BCUT2D eigenvalue weighted by molar-refractivity contribution is -0.133. The van der Waals surface area contributed by atoms with Gasteiger partial charge in [0.05, 0.1) is 0 Å². The minimum Gasteiger partial charge on any atom is -0.368 e. The fraction of sp³-hybridized carbons (Fsp3) is 0.444. The van der Waals surface area contributed by atoms with Crippen molar-refractivity contribution in [1.29, 1.82) is 0 Å². The zero-order chi connectivity index (χ0) is 8.84. The van der Waals surface area contributed by atoms with E-state index in [9.17, 15) is 4.79 Å². The number of rotatable bonds is 0. The van der Waals surface area contributed by atoms with Crippen LogP contribution in [0.3, 0.4) is 0 Å². The van der Waals surface area contributed by atoms with E-state index in [0.717, 1.165) is 25.3 Å². The highest BCUT2D eigenvalue weighted by Gasteiger charge is 2.37. The molecule has 1 amide bonds. The highest BCUT2D eigenvalue weighted by Crippen LogP contribution is 2.25. The first kappa shape index (κ1) is 7.00. The molecule has 0 bridgehead atoms. The van der Waals surface area contributed by atoms with Crippen LogP contribution in [0.2, 0.25) is 0 Å². The molecule has 0 aromatic heterocycles. The summed E-state index contributed by atoms with van der Waals surface area (Å²) in [5.41, 5.74) is 0. The first-order valence-corrected chi connectivity index (χ1v) is 4.57. The molecule has 4 heteroatoms. The maximum absolute atomic E-state index is 11.9. The molecule has 0 radical (unpaired) electrons. The highest BCUT2D eigenvalue weighted by atomic mass is 16.2. The van der Waals surface area contributed by atoms with Crippen LogP contribution < -0.4 is 5.32 Å². The van der Waals surface area contributed by atoms with Crippen molar-refractivity contribution in [1.82, 2.24) is 15.1 Å². The minimum atomic E-state index is 0.0312. The molecular weight excluding hydrogens is 166 g/mol. The molecule has 0 aromatic rings. The van der Waals surface area contributed by atoms with Crippen LogP contribution in [0.1, 0.15) is 6.42 Å². The molecule has 0 spiro atoms. The lowest BCUT2D eigenvalue weighted by Gasteiger charge is -2.32. The molecule has 1 fully saturated rings. The molecule has 1 unspecified atom stereocenters. The maximum Gasteiger partial charge on any atom is 0.251 e. The fourth-order valence-electron chi connectivity index (χ4n) is 2.08.